The van der Waals surface area contributed by atoms with E-state index in [1.54, 1.807) is 18.3 Å². The minimum Gasteiger partial charge on any atom is -0.378 e. The van der Waals surface area contributed by atoms with Gasteiger partial charge in [-0.1, -0.05) is 66.4 Å². The monoisotopic (exact) mass is 515 g/mol. The molecule has 9 nitrogen and oxygen atoms in total. The van der Waals surface area contributed by atoms with Crippen molar-refractivity contribution in [2.75, 3.05) is 6.61 Å². The van der Waals surface area contributed by atoms with E-state index in [2.05, 4.69) is 9.98 Å². The number of thioether (sulfide) groups is 1. The molecule has 0 bridgehead atoms. The topological polar surface area (TPSA) is 122 Å². The van der Waals surface area contributed by atoms with Crippen LogP contribution in [0.4, 0.5) is 0 Å². The highest BCUT2D eigenvalue weighted by Crippen LogP contribution is 2.24. The van der Waals surface area contributed by atoms with Crippen LogP contribution in [0.3, 0.4) is 0 Å². The zero-order chi connectivity index (χ0) is 25.8. The van der Waals surface area contributed by atoms with Gasteiger partial charge in [-0.05, 0) is 35.2 Å². The molecule has 188 valence electrons. The smallest absolute Gasteiger partial charge is 0.333 e. The summed E-state index contributed by atoms with van der Waals surface area (Å²) >= 11 is 1.26. The maximum Gasteiger partial charge on any atom is 0.333 e. The molecule has 2 aromatic carbocycles. The first-order valence-corrected chi connectivity index (χ1v) is 12.7. The van der Waals surface area contributed by atoms with Crippen LogP contribution < -0.4 is 17.0 Å². The highest BCUT2D eigenvalue weighted by molar-refractivity contribution is 8.15. The van der Waals surface area contributed by atoms with E-state index >= 15 is 0 Å². The zero-order valence-electron chi connectivity index (χ0n) is 19.9. The number of ether oxygens (including phenoxy) is 1. The van der Waals surface area contributed by atoms with Gasteiger partial charge in [0, 0.05) is 6.20 Å². The van der Waals surface area contributed by atoms with E-state index in [1.165, 1.54) is 20.9 Å². The summed E-state index contributed by atoms with van der Waals surface area (Å²) in [5, 5.41) is 0.297. The van der Waals surface area contributed by atoms with E-state index < -0.39 is 11.2 Å². The molecule has 2 aromatic heterocycles. The Kier molecular flexibility index (Phi) is 7.29. The first-order valence-electron chi connectivity index (χ1n) is 11.8. The molecule has 2 N–H and O–H groups in total. The second kappa shape index (κ2) is 10.9. The summed E-state index contributed by atoms with van der Waals surface area (Å²) < 4.78 is 8.43. The number of aliphatic imine (C=N–C) groups is 1. The number of rotatable bonds is 9. The predicted molar refractivity (Wildman–Crippen MR) is 144 cm³/mol. The number of carbonyl (C=O) groups excluding carboxylic acids is 1. The number of aromatic nitrogens is 3. The standard InChI is InChI=1S/C27H25N5O4S/c28-26-30-24(33)22(37-26)15-19-8-4-9-20(14-19)16-32-23-21(10-5-11-29-23)25(34)31(27(32)35)12-13-36-17-18-6-2-1-3-7-18/h1-11,14,22H,12-13,15-17H2,(H2,28,30,33). The normalized spacial score (nSPS) is 15.3. The maximum absolute atomic E-state index is 13.5. The molecule has 1 unspecified atom stereocenters. The minimum atomic E-state index is -0.451. The average Bonchev–Trinajstić information content (AvgIpc) is 3.23. The first-order chi connectivity index (χ1) is 18.0. The van der Waals surface area contributed by atoms with Crippen LogP contribution in [0.2, 0.25) is 0 Å². The van der Waals surface area contributed by atoms with E-state index in [4.69, 9.17) is 10.5 Å². The molecule has 1 aliphatic heterocycles. The third-order valence-electron chi connectivity index (χ3n) is 6.06. The second-order valence-corrected chi connectivity index (χ2v) is 9.88. The number of amides is 1. The summed E-state index contributed by atoms with van der Waals surface area (Å²) in [5.74, 6) is -0.235. The number of nitrogens with two attached hydrogens (primary N) is 1. The van der Waals surface area contributed by atoms with Crippen molar-refractivity contribution in [2.45, 2.75) is 31.4 Å². The maximum atomic E-state index is 13.5. The second-order valence-electron chi connectivity index (χ2n) is 8.66. The molecule has 1 atom stereocenters. The average molecular weight is 516 g/mol. The fraction of sp³-hybridized carbons (Fsp3) is 0.222. The van der Waals surface area contributed by atoms with E-state index in [9.17, 15) is 14.4 Å². The number of benzene rings is 2. The Morgan fingerprint density at radius 3 is 2.49 bits per heavy atom. The Hall–Kier alpha value is -4.02. The molecule has 5 rings (SSSR count). The van der Waals surface area contributed by atoms with Crippen LogP contribution in [0.25, 0.3) is 11.0 Å². The molecule has 0 spiro atoms. The number of amidine groups is 1. The third kappa shape index (κ3) is 5.55. The van der Waals surface area contributed by atoms with Crippen molar-refractivity contribution >= 4 is 33.9 Å². The molecule has 37 heavy (non-hydrogen) atoms. The van der Waals surface area contributed by atoms with Gasteiger partial charge in [-0.2, -0.15) is 4.99 Å². The molecule has 3 heterocycles. The summed E-state index contributed by atoms with van der Waals surface area (Å²) in [6.45, 7) is 0.946. The summed E-state index contributed by atoms with van der Waals surface area (Å²) in [7, 11) is 0. The van der Waals surface area contributed by atoms with E-state index in [-0.39, 0.29) is 36.0 Å². The van der Waals surface area contributed by atoms with Crippen LogP contribution in [-0.4, -0.2) is 37.0 Å². The number of fused-ring (bicyclic) bond motifs is 1. The van der Waals surface area contributed by atoms with Crippen molar-refractivity contribution in [3.05, 3.63) is 110 Å². The largest absolute Gasteiger partial charge is 0.378 e. The number of hydrogen-bond acceptors (Lipinski definition) is 7. The molecule has 1 amide bonds. The zero-order valence-corrected chi connectivity index (χ0v) is 20.8. The van der Waals surface area contributed by atoms with Gasteiger partial charge in [0.05, 0.1) is 36.9 Å². The predicted octanol–water partition coefficient (Wildman–Crippen LogP) is 2.32. The molecule has 0 radical (unpaired) electrons. The lowest BCUT2D eigenvalue weighted by atomic mass is 10.1. The van der Waals surface area contributed by atoms with Crippen LogP contribution in [0.5, 0.6) is 0 Å². The van der Waals surface area contributed by atoms with Gasteiger partial charge < -0.3 is 10.5 Å². The fourth-order valence-electron chi connectivity index (χ4n) is 4.29. The van der Waals surface area contributed by atoms with Crippen molar-refractivity contribution in [2.24, 2.45) is 10.7 Å². The van der Waals surface area contributed by atoms with Crippen LogP contribution in [0.15, 0.2) is 87.5 Å². The number of hydrogen-bond donors (Lipinski definition) is 1. The molecular weight excluding hydrogens is 490 g/mol. The third-order valence-corrected chi connectivity index (χ3v) is 7.05. The number of carbonyl (C=O) groups is 1. The highest BCUT2D eigenvalue weighted by atomic mass is 32.2. The van der Waals surface area contributed by atoms with Crippen LogP contribution in [0, 0.1) is 0 Å². The molecule has 0 aliphatic carbocycles. The number of nitrogens with zero attached hydrogens (tertiary/aromatic N) is 4. The molecule has 0 fully saturated rings. The molecule has 0 saturated carbocycles. The highest BCUT2D eigenvalue weighted by Gasteiger charge is 2.27. The van der Waals surface area contributed by atoms with Gasteiger partial charge >= 0.3 is 5.69 Å². The van der Waals surface area contributed by atoms with Gasteiger partial charge in [-0.15, -0.1) is 0 Å². The van der Waals surface area contributed by atoms with Crippen molar-refractivity contribution < 1.29 is 9.53 Å². The molecule has 10 heteroatoms. The van der Waals surface area contributed by atoms with Gasteiger partial charge in [0.25, 0.3) is 11.5 Å². The Labute approximate surface area is 216 Å². The lowest BCUT2D eigenvalue weighted by Crippen LogP contribution is -2.41. The van der Waals surface area contributed by atoms with E-state index in [0.717, 1.165) is 16.7 Å². The van der Waals surface area contributed by atoms with Crippen LogP contribution in [-0.2, 0) is 35.6 Å². The SMILES string of the molecule is NC1=NC(=O)C(Cc2cccc(Cn3c(=O)n(CCOCc4ccccc4)c(=O)c4cccnc43)c2)S1. The van der Waals surface area contributed by atoms with Crippen molar-refractivity contribution in [1.82, 2.24) is 14.1 Å². The van der Waals surface area contributed by atoms with E-state index in [1.807, 2.05) is 54.6 Å². The van der Waals surface area contributed by atoms with Gasteiger partial charge in [0.2, 0.25) is 0 Å². The summed E-state index contributed by atoms with van der Waals surface area (Å²) in [4.78, 5) is 46.8. The summed E-state index contributed by atoms with van der Waals surface area (Å²) in [6.07, 6.45) is 2.04. The lowest BCUT2D eigenvalue weighted by molar-refractivity contribution is -0.117. The van der Waals surface area contributed by atoms with Gasteiger partial charge in [-0.25, -0.2) is 9.78 Å². The Morgan fingerprint density at radius 1 is 0.919 bits per heavy atom. The Morgan fingerprint density at radius 2 is 1.70 bits per heavy atom. The lowest BCUT2D eigenvalue weighted by Gasteiger charge is -2.14. The molecule has 4 aromatic rings. The first kappa shape index (κ1) is 24.7. The van der Waals surface area contributed by atoms with E-state index in [0.29, 0.717) is 24.1 Å². The van der Waals surface area contributed by atoms with Crippen LogP contribution >= 0.6 is 11.8 Å². The van der Waals surface area contributed by atoms with Gasteiger partial charge in [-0.3, -0.25) is 18.7 Å². The molecule has 1 aliphatic rings. The molecular formula is C27H25N5O4S. The quantitative estimate of drug-likeness (QED) is 0.340. The summed E-state index contributed by atoms with van der Waals surface area (Å²) in [6, 6.07) is 20.7. The van der Waals surface area contributed by atoms with Crippen LogP contribution in [0.1, 0.15) is 16.7 Å². The summed E-state index contributed by atoms with van der Waals surface area (Å²) in [5.41, 5.74) is 7.96. The molecule has 0 saturated heterocycles. The van der Waals surface area contributed by atoms with Crippen molar-refractivity contribution in [1.29, 1.82) is 0 Å². The fourth-order valence-corrected chi connectivity index (χ4v) is 5.15. The minimum absolute atomic E-state index is 0.123. The van der Waals surface area contributed by atoms with Crippen molar-refractivity contribution in [3.8, 4) is 0 Å². The Bertz CT molecular complexity index is 1600. The van der Waals surface area contributed by atoms with Crippen molar-refractivity contribution in [3.63, 3.8) is 0 Å². The Balaban J connectivity index is 1.39. The van der Waals surface area contributed by atoms with Gasteiger partial charge in [0.15, 0.2) is 5.17 Å². The number of pyridine rings is 1. The van der Waals surface area contributed by atoms with Gasteiger partial charge in [0.1, 0.15) is 5.65 Å².